The number of carbonyl (C=O) groups is 1. The first-order valence-electron chi connectivity index (χ1n) is 23.9. The lowest BCUT2D eigenvalue weighted by molar-refractivity contribution is -0.384. The van der Waals surface area contributed by atoms with E-state index in [1.165, 1.54) is 41.8 Å². The van der Waals surface area contributed by atoms with E-state index in [2.05, 4.69) is 61.9 Å². The Hall–Kier alpha value is -5.60. The molecule has 0 radical (unpaired) electrons. The molecule has 2 aromatic heterocycles. The van der Waals surface area contributed by atoms with E-state index in [0.717, 1.165) is 68.8 Å². The first-order chi connectivity index (χ1) is 32.8. The van der Waals surface area contributed by atoms with E-state index in [1.54, 1.807) is 35.6 Å². The first kappa shape index (κ1) is 48.4. The van der Waals surface area contributed by atoms with E-state index in [-0.39, 0.29) is 34.4 Å². The van der Waals surface area contributed by atoms with Crippen LogP contribution in [0.2, 0.25) is 0 Å². The Labute approximate surface area is 403 Å². The van der Waals surface area contributed by atoms with E-state index >= 15 is 0 Å². The number of piperidine rings is 1. The van der Waals surface area contributed by atoms with Crippen LogP contribution < -0.4 is 19.7 Å². The first-order valence-corrected chi connectivity index (χ1v) is 27.2. The van der Waals surface area contributed by atoms with Crippen LogP contribution in [0.15, 0.2) is 90.1 Å². The lowest BCUT2D eigenvalue weighted by Gasteiger charge is -2.58. The summed E-state index contributed by atoms with van der Waals surface area (Å²) in [4.78, 5) is 37.4. The third-order valence-electron chi connectivity index (χ3n) is 15.1. The maximum atomic E-state index is 14.0. The van der Waals surface area contributed by atoms with Crippen molar-refractivity contribution in [1.82, 2.24) is 23.9 Å². The zero-order valence-corrected chi connectivity index (χ0v) is 41.2. The van der Waals surface area contributed by atoms with Crippen LogP contribution in [0.1, 0.15) is 106 Å². The molecule has 69 heavy (non-hydrogen) atoms. The molecular formula is C50H62N8O9S2. The van der Waals surface area contributed by atoms with Crippen LogP contribution in [0.4, 0.5) is 17.1 Å². The van der Waals surface area contributed by atoms with Gasteiger partial charge in [0, 0.05) is 80.8 Å². The number of nitrogens with one attached hydrogen (secondary N) is 3. The summed E-state index contributed by atoms with van der Waals surface area (Å²) in [6.45, 7) is 9.65. The molecule has 1 spiro atoms. The molecule has 4 heterocycles. The van der Waals surface area contributed by atoms with Crippen molar-refractivity contribution in [2.24, 2.45) is 11.3 Å². The van der Waals surface area contributed by atoms with Gasteiger partial charge in [-0.1, -0.05) is 38.1 Å². The highest BCUT2D eigenvalue weighted by molar-refractivity contribution is 7.90. The molecule has 4 fully saturated rings. The summed E-state index contributed by atoms with van der Waals surface area (Å²) in [5, 5.41) is 26.4. The molecule has 17 nitrogen and oxygen atoms in total. The van der Waals surface area contributed by atoms with E-state index in [9.17, 15) is 36.9 Å². The van der Waals surface area contributed by atoms with E-state index in [1.807, 2.05) is 12.1 Å². The van der Waals surface area contributed by atoms with E-state index < -0.39 is 47.1 Å². The van der Waals surface area contributed by atoms with Gasteiger partial charge >= 0.3 is 0 Å². The number of hydrogen-bond donors (Lipinski definition) is 4. The highest BCUT2D eigenvalue weighted by atomic mass is 32.2. The molecule has 4 aliphatic rings. The molecule has 19 heteroatoms. The summed E-state index contributed by atoms with van der Waals surface area (Å²) in [7, 11) is -7.95. The number of sulfonamides is 2. The van der Waals surface area contributed by atoms with Crippen molar-refractivity contribution in [1.29, 1.82) is 0 Å². The molecule has 2 aliphatic heterocycles. The number of nitrogens with zero attached hydrogens (tertiary/aromatic N) is 5. The van der Waals surface area contributed by atoms with Crippen LogP contribution in [-0.4, -0.2) is 109 Å². The van der Waals surface area contributed by atoms with Crippen molar-refractivity contribution < 1.29 is 36.4 Å². The minimum atomic E-state index is -4.60. The average Bonchev–Trinajstić information content (AvgIpc) is 3.78. The molecule has 2 saturated carbocycles. The number of hydrogen-bond acceptors (Lipinski definition) is 13. The van der Waals surface area contributed by atoms with E-state index in [0.29, 0.717) is 62.4 Å². The van der Waals surface area contributed by atoms with Crippen molar-refractivity contribution >= 4 is 54.0 Å². The van der Waals surface area contributed by atoms with Gasteiger partial charge in [0.25, 0.3) is 21.6 Å². The quantitative estimate of drug-likeness (QED) is 0.0614. The van der Waals surface area contributed by atoms with Gasteiger partial charge in [0.15, 0.2) is 0 Å². The smallest absolute Gasteiger partial charge is 0.293 e. The van der Waals surface area contributed by atoms with Crippen molar-refractivity contribution in [2.45, 2.75) is 101 Å². The third-order valence-corrected chi connectivity index (χ3v) is 17.7. The van der Waals surface area contributed by atoms with Gasteiger partial charge in [-0.15, -0.1) is 0 Å². The molecule has 1 atom stereocenters. The van der Waals surface area contributed by atoms with Gasteiger partial charge in [0.05, 0.1) is 33.4 Å². The van der Waals surface area contributed by atoms with Crippen molar-refractivity contribution in [3.8, 4) is 11.5 Å². The van der Waals surface area contributed by atoms with Gasteiger partial charge in [0.2, 0.25) is 10.0 Å². The fraction of sp³-hybridized carbons (Fsp3) is 0.480. The Balaban J connectivity index is 0.903. The van der Waals surface area contributed by atoms with Crippen molar-refractivity contribution in [2.75, 3.05) is 55.7 Å². The maximum Gasteiger partial charge on any atom is 0.293 e. The predicted molar refractivity (Wildman–Crippen MR) is 265 cm³/mol. The predicted octanol–water partition coefficient (Wildman–Crippen LogP) is 7.93. The summed E-state index contributed by atoms with van der Waals surface area (Å²) >= 11 is 0. The second-order valence-corrected chi connectivity index (χ2v) is 23.9. The van der Waals surface area contributed by atoms with Gasteiger partial charge in [-0.25, -0.2) is 26.5 Å². The standard InChI is InChI=1S/C50H62N8O9S2/c1-33(2)40-7-5-6-8-41(40)45-32-56(68(4,63)64)23-24-57(45)37-28-50(29-37)18-21-55(22-19-50)36-9-11-42(46(26-36)67-38-25-35-15-20-51-47(35)53-31-38)48(59)54-69(65,66)39-10-12-43(44(27-39)58(61)62)52-30-34-13-16-49(3,60)17-14-34/h5-12,15,20,25-27,31,33-34,37,45,52,60H,13-14,16-19,21-24,28-30,32H2,1-4H3,(H,51,53)(H,54,59). The Morgan fingerprint density at radius 3 is 2.42 bits per heavy atom. The minimum absolute atomic E-state index is 0.0363. The van der Waals surface area contributed by atoms with Gasteiger partial charge in [0.1, 0.15) is 22.8 Å². The number of piperazine rings is 1. The lowest BCUT2D eigenvalue weighted by atomic mass is 9.59. The molecule has 4 N–H and O–H groups in total. The second kappa shape index (κ2) is 19.0. The van der Waals surface area contributed by atoms with Gasteiger partial charge in [-0.05, 0) is 123 Å². The van der Waals surface area contributed by atoms with Gasteiger partial charge < -0.3 is 25.0 Å². The van der Waals surface area contributed by atoms with E-state index in [4.69, 9.17) is 4.74 Å². The van der Waals surface area contributed by atoms with Crippen LogP contribution in [0.25, 0.3) is 11.0 Å². The number of ether oxygens (including phenoxy) is 1. The normalized spacial score (nSPS) is 22.7. The zero-order chi connectivity index (χ0) is 48.9. The summed E-state index contributed by atoms with van der Waals surface area (Å²) in [6.07, 6.45) is 11.2. The number of H-pyrrole nitrogens is 1. The molecule has 2 saturated heterocycles. The molecule has 5 aromatic rings. The number of pyridine rings is 1. The maximum absolute atomic E-state index is 14.0. The number of nitro benzene ring substituents is 1. The largest absolute Gasteiger partial charge is 0.455 e. The highest BCUT2D eigenvalue weighted by Crippen LogP contribution is 2.53. The number of aliphatic hydroxyl groups is 1. The Morgan fingerprint density at radius 1 is 0.971 bits per heavy atom. The molecular weight excluding hydrogens is 921 g/mol. The number of anilines is 2. The van der Waals surface area contributed by atoms with Crippen molar-refractivity contribution in [3.63, 3.8) is 0 Å². The molecule has 9 rings (SSSR count). The third kappa shape index (κ3) is 10.5. The highest BCUT2D eigenvalue weighted by Gasteiger charge is 2.50. The van der Waals surface area contributed by atoms with Crippen LogP contribution in [-0.2, 0) is 20.0 Å². The zero-order valence-electron chi connectivity index (χ0n) is 39.6. The van der Waals surface area contributed by atoms with Crippen LogP contribution >= 0.6 is 0 Å². The summed E-state index contributed by atoms with van der Waals surface area (Å²) in [6, 6.07) is 20.9. The number of carbonyl (C=O) groups excluding carboxylic acids is 1. The number of aromatic amines is 1. The topological polar surface area (TPSA) is 220 Å². The SMILES string of the molecule is CC(C)c1ccccc1C1CN(S(C)(=O)=O)CCN1C1CC2(CCN(c3ccc(C(=O)NS(=O)(=O)c4ccc(NCC5CCC(C)(O)CC5)c([N+](=O)[O-])c4)c(Oc4cnc5[nH]ccc5c4)c3)CC2)C1. The number of fused-ring (bicyclic) bond motifs is 1. The molecule has 3 aromatic carbocycles. The van der Waals surface area contributed by atoms with Gasteiger partial charge in [-0.2, -0.15) is 4.31 Å². The minimum Gasteiger partial charge on any atom is -0.455 e. The fourth-order valence-corrected chi connectivity index (χ4v) is 12.8. The van der Waals surface area contributed by atoms with Crippen molar-refractivity contribution in [3.05, 3.63) is 112 Å². The number of benzene rings is 3. The number of nitro groups is 1. The van der Waals surface area contributed by atoms with Gasteiger partial charge in [-0.3, -0.25) is 19.8 Å². The van der Waals surface area contributed by atoms with Crippen LogP contribution in [0.3, 0.4) is 0 Å². The Kier molecular flexibility index (Phi) is 13.3. The average molecular weight is 983 g/mol. The molecule has 368 valence electrons. The number of rotatable bonds is 14. The summed E-state index contributed by atoms with van der Waals surface area (Å²) < 4.78 is 63.2. The number of aromatic nitrogens is 2. The van der Waals surface area contributed by atoms with Crippen LogP contribution in [0.5, 0.6) is 11.5 Å². The second-order valence-electron chi connectivity index (χ2n) is 20.3. The summed E-state index contributed by atoms with van der Waals surface area (Å²) in [5.74, 6) is -0.0493. The summed E-state index contributed by atoms with van der Waals surface area (Å²) in [5.41, 5.74) is 2.96. The monoisotopic (exact) mass is 982 g/mol. The fourth-order valence-electron chi connectivity index (χ4n) is 11.0. The lowest BCUT2D eigenvalue weighted by Crippen LogP contribution is -2.60. The Bertz CT molecular complexity index is 2950. The Morgan fingerprint density at radius 2 is 1.71 bits per heavy atom. The molecule has 0 bridgehead atoms. The molecule has 1 amide bonds. The molecule has 1 unspecified atom stereocenters. The number of amides is 1. The molecule has 2 aliphatic carbocycles. The van der Waals surface area contributed by atoms with Crippen LogP contribution in [0, 0.1) is 21.4 Å².